The number of allylic oxidation sites excluding steroid dienone is 3. The first-order chi connectivity index (χ1) is 13.9. The second kappa shape index (κ2) is 6.99. The zero-order chi connectivity index (χ0) is 20.7. The monoisotopic (exact) mass is 387 g/mol. The Morgan fingerprint density at radius 2 is 1.45 bits per heavy atom. The molecule has 1 aliphatic heterocycles. The maximum atomic E-state index is 14.9. The van der Waals surface area contributed by atoms with E-state index < -0.39 is 23.2 Å². The molecule has 0 spiro atoms. The average Bonchev–Trinajstić information content (AvgIpc) is 2.95. The van der Waals surface area contributed by atoms with E-state index in [1.165, 1.54) is 19.1 Å². The standard InChI is InChI=1S/C24H15F2NO2/c1-14-18-10-11-21(28)15(2)22(18)27(24(14)29)23-19(25)12-17(13-20(23)26)9-8-16-6-4-3-5-7-16/h3-7,10-13H,1-2H3. The van der Waals surface area contributed by atoms with Gasteiger partial charge in [-0.15, -0.1) is 0 Å². The minimum Gasteiger partial charge on any atom is -0.290 e. The number of benzene rings is 2. The fourth-order valence-corrected chi connectivity index (χ4v) is 3.39. The number of carbonyl (C=O) groups is 2. The predicted molar refractivity (Wildman–Crippen MR) is 106 cm³/mol. The van der Waals surface area contributed by atoms with Crippen LogP contribution in [0.3, 0.4) is 0 Å². The van der Waals surface area contributed by atoms with Crippen molar-refractivity contribution in [3.8, 4) is 11.8 Å². The number of amides is 1. The summed E-state index contributed by atoms with van der Waals surface area (Å²) in [5, 5.41) is 0. The van der Waals surface area contributed by atoms with E-state index in [0.29, 0.717) is 16.7 Å². The van der Waals surface area contributed by atoms with Gasteiger partial charge in [-0.05, 0) is 50.3 Å². The van der Waals surface area contributed by atoms with Crippen molar-refractivity contribution in [2.45, 2.75) is 13.8 Å². The molecule has 0 saturated carbocycles. The van der Waals surface area contributed by atoms with Crippen LogP contribution >= 0.6 is 0 Å². The summed E-state index contributed by atoms with van der Waals surface area (Å²) in [6.45, 7) is 3.11. The molecule has 2 aliphatic rings. The first-order valence-electron chi connectivity index (χ1n) is 8.93. The van der Waals surface area contributed by atoms with Crippen molar-refractivity contribution in [2.24, 2.45) is 0 Å². The largest absolute Gasteiger partial charge is 0.290 e. The van der Waals surface area contributed by atoms with Crippen LogP contribution in [0, 0.1) is 23.5 Å². The van der Waals surface area contributed by atoms with E-state index >= 15 is 0 Å². The van der Waals surface area contributed by atoms with Crippen molar-refractivity contribution in [3.05, 3.63) is 99.8 Å². The lowest BCUT2D eigenvalue weighted by molar-refractivity contribution is -0.114. The molecule has 0 unspecified atom stereocenters. The highest BCUT2D eigenvalue weighted by Crippen LogP contribution is 2.40. The van der Waals surface area contributed by atoms with Crippen LogP contribution in [0.5, 0.6) is 0 Å². The second-order valence-corrected chi connectivity index (χ2v) is 6.75. The highest BCUT2D eigenvalue weighted by atomic mass is 19.1. The van der Waals surface area contributed by atoms with Crippen molar-refractivity contribution in [2.75, 3.05) is 4.90 Å². The number of nitrogens with zero attached hydrogens (tertiary/aromatic N) is 1. The smallest absolute Gasteiger partial charge is 0.259 e. The molecule has 3 nitrogen and oxygen atoms in total. The maximum Gasteiger partial charge on any atom is 0.259 e. The van der Waals surface area contributed by atoms with Gasteiger partial charge in [-0.1, -0.05) is 30.0 Å². The average molecular weight is 387 g/mol. The summed E-state index contributed by atoms with van der Waals surface area (Å²) in [7, 11) is 0. The number of hydrogen-bond acceptors (Lipinski definition) is 2. The van der Waals surface area contributed by atoms with E-state index in [9.17, 15) is 18.4 Å². The lowest BCUT2D eigenvalue weighted by Crippen LogP contribution is -2.29. The van der Waals surface area contributed by atoms with Crippen molar-refractivity contribution >= 4 is 17.4 Å². The van der Waals surface area contributed by atoms with Gasteiger partial charge in [0.25, 0.3) is 5.91 Å². The number of ketones is 1. The van der Waals surface area contributed by atoms with Crippen LogP contribution < -0.4 is 4.90 Å². The van der Waals surface area contributed by atoms with Gasteiger partial charge in [0.2, 0.25) is 0 Å². The van der Waals surface area contributed by atoms with Gasteiger partial charge in [-0.25, -0.2) is 8.78 Å². The summed E-state index contributed by atoms with van der Waals surface area (Å²) in [5.41, 5.74) is 1.67. The summed E-state index contributed by atoms with van der Waals surface area (Å²) < 4.78 is 29.9. The summed E-state index contributed by atoms with van der Waals surface area (Å²) in [6.07, 6.45) is 2.86. The summed E-state index contributed by atoms with van der Waals surface area (Å²) in [4.78, 5) is 25.8. The topological polar surface area (TPSA) is 37.4 Å². The molecule has 1 heterocycles. The Morgan fingerprint density at radius 3 is 2.10 bits per heavy atom. The van der Waals surface area contributed by atoms with Crippen LogP contribution in [0.15, 0.2) is 77.0 Å². The highest BCUT2D eigenvalue weighted by Gasteiger charge is 2.39. The third-order valence-corrected chi connectivity index (χ3v) is 4.90. The lowest BCUT2D eigenvalue weighted by atomic mass is 9.97. The Balaban J connectivity index is 1.79. The molecular weight excluding hydrogens is 372 g/mol. The van der Waals surface area contributed by atoms with Crippen molar-refractivity contribution in [3.63, 3.8) is 0 Å². The van der Waals surface area contributed by atoms with Crippen LogP contribution in [0.4, 0.5) is 14.5 Å². The van der Waals surface area contributed by atoms with Gasteiger partial charge in [0.1, 0.15) is 5.69 Å². The van der Waals surface area contributed by atoms with Crippen LogP contribution in [0.1, 0.15) is 25.0 Å². The SMILES string of the molecule is CC1=C2C=CC(=O)C(C)=C2N(c2c(F)cc(C#Cc3ccccc3)cc2F)C1=O. The molecule has 0 radical (unpaired) electrons. The molecule has 0 N–H and O–H groups in total. The Kier molecular flexibility index (Phi) is 4.48. The highest BCUT2D eigenvalue weighted by molar-refractivity contribution is 6.18. The second-order valence-electron chi connectivity index (χ2n) is 6.75. The number of fused-ring (bicyclic) bond motifs is 1. The third kappa shape index (κ3) is 3.09. The quantitative estimate of drug-likeness (QED) is 0.679. The van der Waals surface area contributed by atoms with E-state index in [4.69, 9.17) is 0 Å². The first kappa shape index (κ1) is 18.6. The molecule has 5 heteroatoms. The number of hydrogen-bond donors (Lipinski definition) is 0. The van der Waals surface area contributed by atoms with Gasteiger partial charge in [-0.2, -0.15) is 0 Å². The Hall–Kier alpha value is -3.78. The predicted octanol–water partition coefficient (Wildman–Crippen LogP) is 4.44. The minimum atomic E-state index is -0.924. The molecule has 142 valence electrons. The van der Waals surface area contributed by atoms with Gasteiger partial charge in [0, 0.05) is 27.8 Å². The van der Waals surface area contributed by atoms with Crippen LogP contribution in [-0.2, 0) is 9.59 Å². The number of carbonyl (C=O) groups excluding carboxylic acids is 2. The Morgan fingerprint density at radius 1 is 0.828 bits per heavy atom. The molecule has 0 bridgehead atoms. The van der Waals surface area contributed by atoms with E-state index in [-0.39, 0.29) is 22.6 Å². The molecule has 2 aromatic rings. The molecule has 2 aromatic carbocycles. The molecule has 0 fully saturated rings. The first-order valence-corrected chi connectivity index (χ1v) is 8.93. The van der Waals surface area contributed by atoms with E-state index in [1.54, 1.807) is 19.1 Å². The normalized spacial score (nSPS) is 15.7. The molecule has 0 atom stereocenters. The molecule has 1 aliphatic carbocycles. The van der Waals surface area contributed by atoms with Crippen LogP contribution in [-0.4, -0.2) is 11.7 Å². The number of anilines is 1. The summed E-state index contributed by atoms with van der Waals surface area (Å²) >= 11 is 0. The summed E-state index contributed by atoms with van der Waals surface area (Å²) in [6, 6.07) is 11.2. The summed E-state index contributed by atoms with van der Waals surface area (Å²) in [5.74, 6) is 2.86. The molecule has 29 heavy (non-hydrogen) atoms. The molecular formula is C24H15F2NO2. The third-order valence-electron chi connectivity index (χ3n) is 4.90. The Bertz CT molecular complexity index is 1200. The van der Waals surface area contributed by atoms with Crippen molar-refractivity contribution in [1.82, 2.24) is 0 Å². The fourth-order valence-electron chi connectivity index (χ4n) is 3.39. The van der Waals surface area contributed by atoms with Crippen molar-refractivity contribution in [1.29, 1.82) is 0 Å². The van der Waals surface area contributed by atoms with Gasteiger partial charge >= 0.3 is 0 Å². The molecule has 4 rings (SSSR count). The molecule has 0 aromatic heterocycles. The zero-order valence-corrected chi connectivity index (χ0v) is 15.7. The minimum absolute atomic E-state index is 0.148. The zero-order valence-electron chi connectivity index (χ0n) is 15.7. The van der Waals surface area contributed by atoms with E-state index in [0.717, 1.165) is 17.0 Å². The van der Waals surface area contributed by atoms with Crippen molar-refractivity contribution < 1.29 is 18.4 Å². The molecule has 1 amide bonds. The van der Waals surface area contributed by atoms with E-state index in [2.05, 4.69) is 11.8 Å². The van der Waals surface area contributed by atoms with Gasteiger partial charge in [0.15, 0.2) is 17.4 Å². The molecule has 0 saturated heterocycles. The maximum absolute atomic E-state index is 14.9. The van der Waals surface area contributed by atoms with Crippen LogP contribution in [0.2, 0.25) is 0 Å². The van der Waals surface area contributed by atoms with Gasteiger partial charge in [0.05, 0.1) is 5.70 Å². The van der Waals surface area contributed by atoms with Gasteiger partial charge in [-0.3, -0.25) is 14.5 Å². The van der Waals surface area contributed by atoms with Crippen LogP contribution in [0.25, 0.3) is 0 Å². The fraction of sp³-hybridized carbons (Fsp3) is 0.0833. The number of halogens is 2. The lowest BCUT2D eigenvalue weighted by Gasteiger charge is -2.24. The number of rotatable bonds is 1. The van der Waals surface area contributed by atoms with E-state index in [1.807, 2.05) is 18.2 Å². The van der Waals surface area contributed by atoms with Gasteiger partial charge < -0.3 is 0 Å². The Labute approximate surface area is 166 Å².